The molecule has 2 aromatic carbocycles. The molecule has 1 aliphatic heterocycles. The Morgan fingerprint density at radius 3 is 2.59 bits per heavy atom. The maximum absolute atomic E-state index is 13.4. The first-order chi connectivity index (χ1) is 13.2. The zero-order valence-electron chi connectivity index (χ0n) is 15.2. The zero-order chi connectivity index (χ0) is 18.6. The number of anilines is 1. The summed E-state index contributed by atoms with van der Waals surface area (Å²) in [4.78, 5) is 11.3. The minimum absolute atomic E-state index is 0.171. The van der Waals surface area contributed by atoms with Crippen molar-refractivity contribution in [2.75, 3.05) is 12.3 Å². The molecule has 138 valence electrons. The van der Waals surface area contributed by atoms with Gasteiger partial charge in [-0.05, 0) is 42.6 Å². The van der Waals surface area contributed by atoms with Gasteiger partial charge in [-0.25, -0.2) is 14.4 Å². The molecule has 5 heteroatoms. The lowest BCUT2D eigenvalue weighted by atomic mass is 9.93. The van der Waals surface area contributed by atoms with Gasteiger partial charge in [0.05, 0.1) is 11.7 Å². The number of likely N-dealkylation sites (tertiary alicyclic amines) is 1. The average molecular weight is 362 g/mol. The quantitative estimate of drug-likeness (QED) is 0.737. The maximum Gasteiger partial charge on any atom is 0.220 e. The Kier molecular flexibility index (Phi) is 5.12. The third-order valence-corrected chi connectivity index (χ3v) is 5.15. The van der Waals surface area contributed by atoms with Crippen LogP contribution in [0.5, 0.6) is 0 Å². The molecule has 3 aromatic rings. The Morgan fingerprint density at radius 2 is 1.81 bits per heavy atom. The van der Waals surface area contributed by atoms with Crippen LogP contribution in [0.25, 0.3) is 11.1 Å². The van der Waals surface area contributed by atoms with Crippen molar-refractivity contribution in [1.29, 1.82) is 0 Å². The molecule has 0 aliphatic carbocycles. The first-order valence-corrected chi connectivity index (χ1v) is 9.37. The number of nitrogens with two attached hydrogens (primary N) is 1. The highest BCUT2D eigenvalue weighted by molar-refractivity contribution is 5.66. The topological polar surface area (TPSA) is 55.0 Å². The smallest absolute Gasteiger partial charge is 0.220 e. The van der Waals surface area contributed by atoms with Gasteiger partial charge in [0.2, 0.25) is 5.95 Å². The van der Waals surface area contributed by atoms with Crippen LogP contribution in [0.1, 0.15) is 36.6 Å². The van der Waals surface area contributed by atoms with Crippen molar-refractivity contribution in [3.8, 4) is 11.1 Å². The number of nitrogen functional groups attached to an aromatic ring is 1. The summed E-state index contributed by atoms with van der Waals surface area (Å²) in [6, 6.07) is 17.1. The van der Waals surface area contributed by atoms with E-state index in [1.165, 1.54) is 24.1 Å². The van der Waals surface area contributed by atoms with Crippen molar-refractivity contribution >= 4 is 5.95 Å². The summed E-state index contributed by atoms with van der Waals surface area (Å²) >= 11 is 0. The molecule has 1 aromatic heterocycles. The van der Waals surface area contributed by atoms with Gasteiger partial charge in [0.1, 0.15) is 5.82 Å². The lowest BCUT2D eigenvalue weighted by molar-refractivity contribution is 0.137. The molecule has 1 saturated heterocycles. The lowest BCUT2D eigenvalue weighted by Crippen LogP contribution is -2.34. The molecule has 0 saturated carbocycles. The summed E-state index contributed by atoms with van der Waals surface area (Å²) < 4.78 is 13.4. The Bertz CT molecular complexity index is 896. The number of piperidine rings is 1. The van der Waals surface area contributed by atoms with Crippen molar-refractivity contribution in [2.45, 2.75) is 31.8 Å². The molecule has 2 N–H and O–H groups in total. The summed E-state index contributed by atoms with van der Waals surface area (Å²) in [5.41, 5.74) is 9.99. The van der Waals surface area contributed by atoms with Gasteiger partial charge in [0.15, 0.2) is 0 Å². The summed E-state index contributed by atoms with van der Waals surface area (Å²) in [5, 5.41) is 0. The van der Waals surface area contributed by atoms with Gasteiger partial charge in [-0.3, -0.25) is 4.90 Å². The van der Waals surface area contributed by atoms with Crippen molar-refractivity contribution in [2.24, 2.45) is 0 Å². The number of nitrogens with zero attached hydrogens (tertiary/aromatic N) is 3. The summed E-state index contributed by atoms with van der Waals surface area (Å²) in [6.45, 7) is 1.89. The number of rotatable bonds is 4. The number of hydrogen-bond acceptors (Lipinski definition) is 4. The van der Waals surface area contributed by atoms with Crippen LogP contribution < -0.4 is 5.73 Å². The predicted octanol–water partition coefficient (Wildman–Crippen LogP) is 4.59. The molecule has 1 atom stereocenters. The highest BCUT2D eigenvalue weighted by Gasteiger charge is 2.28. The van der Waals surface area contributed by atoms with E-state index in [-0.39, 0.29) is 17.8 Å². The molecule has 4 rings (SSSR count). The van der Waals surface area contributed by atoms with E-state index in [0.29, 0.717) is 0 Å². The van der Waals surface area contributed by atoms with E-state index in [4.69, 9.17) is 5.73 Å². The van der Waals surface area contributed by atoms with Gasteiger partial charge in [0.25, 0.3) is 0 Å². The second kappa shape index (κ2) is 7.84. The van der Waals surface area contributed by atoms with Gasteiger partial charge in [-0.2, -0.15) is 0 Å². The summed E-state index contributed by atoms with van der Waals surface area (Å²) in [5.74, 6) is 0.0288. The molecule has 0 spiro atoms. The monoisotopic (exact) mass is 362 g/mol. The van der Waals surface area contributed by atoms with Gasteiger partial charge in [-0.1, -0.05) is 48.9 Å². The van der Waals surface area contributed by atoms with E-state index in [1.54, 1.807) is 18.3 Å². The van der Waals surface area contributed by atoms with E-state index in [2.05, 4.69) is 39.1 Å². The predicted molar refractivity (Wildman–Crippen MR) is 105 cm³/mol. The second-order valence-electron chi connectivity index (χ2n) is 7.00. The van der Waals surface area contributed by atoms with Crippen LogP contribution in [-0.4, -0.2) is 21.4 Å². The number of aromatic nitrogens is 2. The normalized spacial score (nSPS) is 17.7. The Morgan fingerprint density at radius 1 is 1.04 bits per heavy atom. The zero-order valence-corrected chi connectivity index (χ0v) is 15.2. The molecule has 27 heavy (non-hydrogen) atoms. The number of hydrogen-bond donors (Lipinski definition) is 1. The highest BCUT2D eigenvalue weighted by Crippen LogP contribution is 2.36. The Balaban J connectivity index is 1.71. The molecule has 0 radical (unpaired) electrons. The fourth-order valence-electron chi connectivity index (χ4n) is 3.82. The molecule has 4 nitrogen and oxygen atoms in total. The van der Waals surface area contributed by atoms with Crippen molar-refractivity contribution in [1.82, 2.24) is 14.9 Å². The molecule has 0 bridgehead atoms. The van der Waals surface area contributed by atoms with Gasteiger partial charge >= 0.3 is 0 Å². The van der Waals surface area contributed by atoms with Crippen LogP contribution in [0, 0.1) is 5.82 Å². The molecule has 2 heterocycles. The van der Waals surface area contributed by atoms with Crippen LogP contribution in [0.2, 0.25) is 0 Å². The second-order valence-corrected chi connectivity index (χ2v) is 7.00. The molecular formula is C22H23FN4. The van der Waals surface area contributed by atoms with Gasteiger partial charge in [0, 0.05) is 18.3 Å². The first kappa shape index (κ1) is 17.6. The Labute approximate surface area is 158 Å². The third-order valence-electron chi connectivity index (χ3n) is 5.15. The summed E-state index contributed by atoms with van der Waals surface area (Å²) in [7, 11) is 0. The van der Waals surface area contributed by atoms with Crippen LogP contribution in [0.3, 0.4) is 0 Å². The van der Waals surface area contributed by atoms with Crippen LogP contribution >= 0.6 is 0 Å². The van der Waals surface area contributed by atoms with Gasteiger partial charge in [-0.15, -0.1) is 0 Å². The van der Waals surface area contributed by atoms with E-state index in [0.717, 1.165) is 42.8 Å². The minimum Gasteiger partial charge on any atom is -0.368 e. The van der Waals surface area contributed by atoms with E-state index in [1.807, 2.05) is 6.07 Å². The molecular weight excluding hydrogens is 339 g/mol. The fourth-order valence-corrected chi connectivity index (χ4v) is 3.82. The molecule has 1 fully saturated rings. The van der Waals surface area contributed by atoms with Crippen LogP contribution in [0.15, 0.2) is 60.8 Å². The SMILES string of the molecule is Nc1ncc(-c2ccc(F)cc2)c(C2CCCCN2Cc2ccccc2)n1. The van der Waals surface area contributed by atoms with E-state index >= 15 is 0 Å². The molecule has 1 aliphatic rings. The number of halogens is 1. The lowest BCUT2D eigenvalue weighted by Gasteiger charge is -2.36. The largest absolute Gasteiger partial charge is 0.368 e. The first-order valence-electron chi connectivity index (χ1n) is 9.37. The Hall–Kier alpha value is -2.79. The van der Waals surface area contributed by atoms with Gasteiger partial charge < -0.3 is 5.73 Å². The third kappa shape index (κ3) is 3.98. The average Bonchev–Trinajstić information content (AvgIpc) is 2.70. The summed E-state index contributed by atoms with van der Waals surface area (Å²) in [6.07, 6.45) is 5.12. The molecule has 0 amide bonds. The van der Waals surface area contributed by atoms with Crippen molar-refractivity contribution in [3.05, 3.63) is 77.9 Å². The maximum atomic E-state index is 13.4. The van der Waals surface area contributed by atoms with Crippen molar-refractivity contribution < 1.29 is 4.39 Å². The van der Waals surface area contributed by atoms with Crippen molar-refractivity contribution in [3.63, 3.8) is 0 Å². The van der Waals surface area contributed by atoms with Crippen LogP contribution in [0.4, 0.5) is 10.3 Å². The highest BCUT2D eigenvalue weighted by atomic mass is 19.1. The molecule has 1 unspecified atom stereocenters. The number of benzene rings is 2. The van der Waals surface area contributed by atoms with E-state index in [9.17, 15) is 4.39 Å². The van der Waals surface area contributed by atoms with E-state index < -0.39 is 0 Å². The minimum atomic E-state index is -0.250. The standard InChI is InChI=1S/C22H23FN4/c23-18-11-9-17(10-12-18)19-14-25-22(24)26-21(19)20-8-4-5-13-27(20)15-16-6-2-1-3-7-16/h1-3,6-7,9-12,14,20H,4-5,8,13,15H2,(H2,24,25,26). The van der Waals surface area contributed by atoms with Crippen LogP contribution in [-0.2, 0) is 6.54 Å². The fraction of sp³-hybridized carbons (Fsp3) is 0.273.